The molecule has 0 unspecified atom stereocenters. The minimum Gasteiger partial charge on any atom is -0.381 e. The molecule has 1 N–H and O–H groups in total. The largest absolute Gasteiger partial charge is 0.381 e. The summed E-state index contributed by atoms with van der Waals surface area (Å²) in [5.74, 6) is 0.677. The van der Waals surface area contributed by atoms with Crippen LogP contribution in [0.2, 0.25) is 0 Å². The third-order valence-electron chi connectivity index (χ3n) is 4.56. The van der Waals surface area contributed by atoms with Gasteiger partial charge in [0.25, 0.3) is 0 Å². The van der Waals surface area contributed by atoms with E-state index in [1.165, 1.54) is 32.1 Å². The van der Waals surface area contributed by atoms with Crippen LogP contribution in [0.1, 0.15) is 51.4 Å². The molecule has 0 atom stereocenters. The molecule has 2 aliphatic rings. The molecule has 4 heteroatoms. The maximum Gasteiger partial charge on any atom is 0.240 e. The summed E-state index contributed by atoms with van der Waals surface area (Å²) in [7, 11) is 0. The molecule has 1 heterocycles. The molecule has 1 aliphatic heterocycles. The zero-order valence-corrected chi connectivity index (χ0v) is 11.6. The standard InChI is InChI=1S/C15H24N2O2/c16-12-15(7-10-19-11-8-15)14(18)17-9-6-13-4-2-1-3-5-13/h13H,1-11H2,(H,17,18). The predicted molar refractivity (Wildman–Crippen MR) is 72.3 cm³/mol. The van der Waals surface area contributed by atoms with Crippen molar-refractivity contribution in [3.05, 3.63) is 0 Å². The highest BCUT2D eigenvalue weighted by Gasteiger charge is 2.40. The van der Waals surface area contributed by atoms with Gasteiger partial charge in [0.05, 0.1) is 6.07 Å². The van der Waals surface area contributed by atoms with Gasteiger partial charge in [-0.2, -0.15) is 5.26 Å². The molecule has 0 aromatic heterocycles. The molecule has 1 amide bonds. The predicted octanol–water partition coefficient (Wildman–Crippen LogP) is 2.39. The van der Waals surface area contributed by atoms with Crippen molar-refractivity contribution in [2.45, 2.75) is 51.4 Å². The first-order valence-electron chi connectivity index (χ1n) is 7.54. The smallest absolute Gasteiger partial charge is 0.240 e. The lowest BCUT2D eigenvalue weighted by Crippen LogP contribution is -2.44. The summed E-state index contributed by atoms with van der Waals surface area (Å²) < 4.78 is 5.25. The summed E-state index contributed by atoms with van der Waals surface area (Å²) in [5.41, 5.74) is -0.842. The van der Waals surface area contributed by atoms with E-state index < -0.39 is 5.41 Å². The number of carbonyl (C=O) groups is 1. The fraction of sp³-hybridized carbons (Fsp3) is 0.867. The summed E-state index contributed by atoms with van der Waals surface area (Å²) >= 11 is 0. The number of rotatable bonds is 4. The SMILES string of the molecule is N#CC1(C(=O)NCCC2CCCCC2)CCOCC1. The minimum atomic E-state index is -0.842. The Morgan fingerprint density at radius 2 is 1.95 bits per heavy atom. The molecule has 1 aliphatic carbocycles. The summed E-state index contributed by atoms with van der Waals surface area (Å²) in [6.45, 7) is 1.75. The Balaban J connectivity index is 1.75. The lowest BCUT2D eigenvalue weighted by atomic mass is 9.80. The molecule has 19 heavy (non-hydrogen) atoms. The molecule has 2 fully saturated rings. The lowest BCUT2D eigenvalue weighted by molar-refractivity contribution is -0.132. The Bertz CT molecular complexity index is 337. The highest BCUT2D eigenvalue weighted by atomic mass is 16.5. The first-order chi connectivity index (χ1) is 9.27. The monoisotopic (exact) mass is 264 g/mol. The Morgan fingerprint density at radius 1 is 1.26 bits per heavy atom. The normalized spacial score (nSPS) is 23.5. The van der Waals surface area contributed by atoms with Crippen LogP contribution in [0.3, 0.4) is 0 Å². The number of nitriles is 1. The van der Waals surface area contributed by atoms with E-state index in [1.54, 1.807) is 0 Å². The number of carbonyl (C=O) groups excluding carboxylic acids is 1. The van der Waals surface area contributed by atoms with Crippen molar-refractivity contribution in [2.75, 3.05) is 19.8 Å². The lowest BCUT2D eigenvalue weighted by Gasteiger charge is -2.29. The van der Waals surface area contributed by atoms with Crippen molar-refractivity contribution in [3.63, 3.8) is 0 Å². The van der Waals surface area contributed by atoms with E-state index >= 15 is 0 Å². The molecule has 106 valence electrons. The number of amides is 1. The van der Waals surface area contributed by atoms with E-state index in [0.29, 0.717) is 32.6 Å². The highest BCUT2D eigenvalue weighted by Crippen LogP contribution is 2.30. The van der Waals surface area contributed by atoms with E-state index in [9.17, 15) is 10.1 Å². The topological polar surface area (TPSA) is 62.1 Å². The van der Waals surface area contributed by atoms with Gasteiger partial charge in [-0.3, -0.25) is 4.79 Å². The second kappa shape index (κ2) is 6.91. The van der Waals surface area contributed by atoms with Crippen molar-refractivity contribution in [1.29, 1.82) is 5.26 Å². The van der Waals surface area contributed by atoms with Gasteiger partial charge in [-0.15, -0.1) is 0 Å². The van der Waals surface area contributed by atoms with Crippen LogP contribution in [-0.2, 0) is 9.53 Å². The van der Waals surface area contributed by atoms with Gasteiger partial charge in [0.1, 0.15) is 5.41 Å². The third kappa shape index (κ3) is 3.70. The van der Waals surface area contributed by atoms with E-state index in [-0.39, 0.29) is 5.91 Å². The summed E-state index contributed by atoms with van der Waals surface area (Å²) in [4.78, 5) is 12.2. The van der Waals surface area contributed by atoms with Gasteiger partial charge in [0, 0.05) is 19.8 Å². The van der Waals surface area contributed by atoms with Crippen LogP contribution in [-0.4, -0.2) is 25.7 Å². The van der Waals surface area contributed by atoms with E-state index in [4.69, 9.17) is 4.74 Å². The van der Waals surface area contributed by atoms with Crippen LogP contribution in [0.4, 0.5) is 0 Å². The van der Waals surface area contributed by atoms with E-state index in [0.717, 1.165) is 12.3 Å². The first-order valence-corrected chi connectivity index (χ1v) is 7.54. The molecule has 0 aromatic rings. The van der Waals surface area contributed by atoms with Gasteiger partial charge >= 0.3 is 0 Å². The summed E-state index contributed by atoms with van der Waals surface area (Å²) in [5, 5.41) is 12.3. The van der Waals surface area contributed by atoms with Gasteiger partial charge in [-0.25, -0.2) is 0 Å². The molecule has 4 nitrogen and oxygen atoms in total. The fourth-order valence-corrected chi connectivity index (χ4v) is 3.14. The van der Waals surface area contributed by atoms with Gasteiger partial charge in [0.2, 0.25) is 5.91 Å². The molecular weight excluding hydrogens is 240 g/mol. The Kier molecular flexibility index (Phi) is 5.21. The summed E-state index contributed by atoms with van der Waals surface area (Å²) in [6.07, 6.45) is 8.73. The van der Waals surface area contributed by atoms with Crippen molar-refractivity contribution >= 4 is 5.91 Å². The quantitative estimate of drug-likeness (QED) is 0.848. The van der Waals surface area contributed by atoms with Crippen LogP contribution < -0.4 is 5.32 Å². The van der Waals surface area contributed by atoms with Crippen LogP contribution in [0.25, 0.3) is 0 Å². The number of nitrogens with one attached hydrogen (secondary N) is 1. The van der Waals surface area contributed by atoms with Crippen LogP contribution in [0, 0.1) is 22.7 Å². The molecule has 0 radical (unpaired) electrons. The molecular formula is C15H24N2O2. The van der Waals surface area contributed by atoms with E-state index in [1.807, 2.05) is 0 Å². The second-order valence-corrected chi connectivity index (χ2v) is 5.85. The number of hydrogen-bond acceptors (Lipinski definition) is 3. The third-order valence-corrected chi connectivity index (χ3v) is 4.56. The van der Waals surface area contributed by atoms with Crippen LogP contribution in [0.5, 0.6) is 0 Å². The maximum absolute atomic E-state index is 12.2. The Hall–Kier alpha value is -1.08. The average Bonchev–Trinajstić information content (AvgIpc) is 2.49. The van der Waals surface area contributed by atoms with Gasteiger partial charge < -0.3 is 10.1 Å². The zero-order valence-electron chi connectivity index (χ0n) is 11.6. The summed E-state index contributed by atoms with van der Waals surface area (Å²) in [6, 6.07) is 2.21. The van der Waals surface area contributed by atoms with Crippen molar-refractivity contribution in [1.82, 2.24) is 5.32 Å². The molecule has 2 rings (SSSR count). The Morgan fingerprint density at radius 3 is 2.58 bits per heavy atom. The number of hydrogen-bond donors (Lipinski definition) is 1. The van der Waals surface area contributed by atoms with Gasteiger partial charge in [-0.1, -0.05) is 32.1 Å². The minimum absolute atomic E-state index is 0.0888. The first kappa shape index (κ1) is 14.3. The van der Waals surface area contributed by atoms with Gasteiger partial charge in [-0.05, 0) is 25.2 Å². The zero-order chi connectivity index (χ0) is 13.6. The Labute approximate surface area is 115 Å². The second-order valence-electron chi connectivity index (χ2n) is 5.85. The number of nitrogens with zero attached hydrogens (tertiary/aromatic N) is 1. The maximum atomic E-state index is 12.2. The van der Waals surface area contributed by atoms with Crippen molar-refractivity contribution < 1.29 is 9.53 Å². The van der Waals surface area contributed by atoms with Crippen molar-refractivity contribution in [2.24, 2.45) is 11.3 Å². The molecule has 0 bridgehead atoms. The van der Waals surface area contributed by atoms with Gasteiger partial charge in [0.15, 0.2) is 0 Å². The molecule has 0 spiro atoms. The molecule has 0 aromatic carbocycles. The van der Waals surface area contributed by atoms with Crippen LogP contribution in [0.15, 0.2) is 0 Å². The van der Waals surface area contributed by atoms with Crippen LogP contribution >= 0.6 is 0 Å². The molecule has 1 saturated heterocycles. The van der Waals surface area contributed by atoms with Crippen molar-refractivity contribution in [3.8, 4) is 6.07 Å². The fourth-order valence-electron chi connectivity index (χ4n) is 3.14. The number of ether oxygens (including phenoxy) is 1. The average molecular weight is 264 g/mol. The highest BCUT2D eigenvalue weighted by molar-refractivity contribution is 5.85. The molecule has 1 saturated carbocycles. The van der Waals surface area contributed by atoms with E-state index in [2.05, 4.69) is 11.4 Å².